The number of fused-ring (bicyclic) bond motifs is 1. The lowest BCUT2D eigenvalue weighted by Crippen LogP contribution is -2.16. The zero-order chi connectivity index (χ0) is 10.1. The summed E-state index contributed by atoms with van der Waals surface area (Å²) in [5.41, 5.74) is 6.93. The van der Waals surface area contributed by atoms with Gasteiger partial charge in [0.25, 0.3) is 5.91 Å². The van der Waals surface area contributed by atoms with Crippen molar-refractivity contribution in [1.82, 2.24) is 4.57 Å². The summed E-state index contributed by atoms with van der Waals surface area (Å²) in [5, 5.41) is 1.06. The minimum atomic E-state index is -0.372. The predicted molar refractivity (Wildman–Crippen MR) is 56.1 cm³/mol. The van der Waals surface area contributed by atoms with Crippen molar-refractivity contribution >= 4 is 16.8 Å². The Morgan fingerprint density at radius 2 is 2.14 bits per heavy atom. The van der Waals surface area contributed by atoms with Crippen LogP contribution in [0, 0.1) is 0 Å². The van der Waals surface area contributed by atoms with Crippen LogP contribution in [0.15, 0.2) is 30.3 Å². The summed E-state index contributed by atoms with van der Waals surface area (Å²) in [6.45, 7) is 2.75. The van der Waals surface area contributed by atoms with Crippen LogP contribution in [0.1, 0.15) is 17.4 Å². The second-order valence-electron chi connectivity index (χ2n) is 3.20. The van der Waals surface area contributed by atoms with Crippen LogP contribution >= 0.6 is 0 Å². The highest BCUT2D eigenvalue weighted by Crippen LogP contribution is 2.19. The van der Waals surface area contributed by atoms with E-state index >= 15 is 0 Å². The van der Waals surface area contributed by atoms with Gasteiger partial charge in [-0.2, -0.15) is 0 Å². The first-order valence-corrected chi connectivity index (χ1v) is 4.62. The maximum Gasteiger partial charge on any atom is 0.265 e. The molecule has 0 aliphatic heterocycles. The Morgan fingerprint density at radius 3 is 2.79 bits per heavy atom. The molecule has 72 valence electrons. The number of hydrogen-bond donors (Lipinski definition) is 1. The molecular formula is C11H12N2O. The maximum absolute atomic E-state index is 11.2. The predicted octanol–water partition coefficient (Wildman–Crippen LogP) is 1.76. The van der Waals surface area contributed by atoms with E-state index in [-0.39, 0.29) is 5.91 Å². The van der Waals surface area contributed by atoms with E-state index < -0.39 is 0 Å². The largest absolute Gasteiger partial charge is 0.364 e. The molecule has 2 aromatic rings. The quantitative estimate of drug-likeness (QED) is 0.767. The maximum atomic E-state index is 11.2. The highest BCUT2D eigenvalue weighted by atomic mass is 16.1. The first-order chi connectivity index (χ1) is 6.74. The monoisotopic (exact) mass is 188 g/mol. The van der Waals surface area contributed by atoms with Crippen molar-refractivity contribution in [2.75, 3.05) is 0 Å². The Kier molecular flexibility index (Phi) is 2.00. The van der Waals surface area contributed by atoms with Gasteiger partial charge in [-0.3, -0.25) is 4.79 Å². The highest BCUT2D eigenvalue weighted by Gasteiger charge is 2.10. The summed E-state index contributed by atoms with van der Waals surface area (Å²) >= 11 is 0. The van der Waals surface area contributed by atoms with E-state index in [4.69, 9.17) is 5.73 Å². The fourth-order valence-electron chi connectivity index (χ4n) is 1.76. The molecule has 1 aromatic heterocycles. The van der Waals surface area contributed by atoms with Crippen LogP contribution in [0.4, 0.5) is 0 Å². The third-order valence-electron chi connectivity index (χ3n) is 2.38. The van der Waals surface area contributed by atoms with E-state index in [1.807, 2.05) is 41.8 Å². The molecule has 0 fully saturated rings. The molecule has 0 saturated carbocycles. The van der Waals surface area contributed by atoms with Gasteiger partial charge >= 0.3 is 0 Å². The summed E-state index contributed by atoms with van der Waals surface area (Å²) in [5.74, 6) is -0.372. The standard InChI is InChI=1S/C11H12N2O/c1-2-13-9-6-4-3-5-8(9)7-10(13)11(12)14/h3-7H,2H2,1H3,(H2,12,14). The molecule has 0 spiro atoms. The van der Waals surface area contributed by atoms with Gasteiger partial charge in [0.05, 0.1) is 0 Å². The van der Waals surface area contributed by atoms with Gasteiger partial charge in [0.15, 0.2) is 0 Å². The number of aryl methyl sites for hydroxylation is 1. The van der Waals surface area contributed by atoms with Crippen LogP contribution in [0.5, 0.6) is 0 Å². The topological polar surface area (TPSA) is 48.0 Å². The van der Waals surface area contributed by atoms with Gasteiger partial charge < -0.3 is 10.3 Å². The van der Waals surface area contributed by atoms with E-state index in [0.717, 1.165) is 17.4 Å². The fourth-order valence-corrected chi connectivity index (χ4v) is 1.76. The number of carbonyl (C=O) groups excluding carboxylic acids is 1. The zero-order valence-corrected chi connectivity index (χ0v) is 8.03. The van der Waals surface area contributed by atoms with Crippen molar-refractivity contribution in [1.29, 1.82) is 0 Å². The number of hydrogen-bond acceptors (Lipinski definition) is 1. The summed E-state index contributed by atoms with van der Waals surface area (Å²) < 4.78 is 1.93. The van der Waals surface area contributed by atoms with Gasteiger partial charge in [-0.05, 0) is 19.1 Å². The van der Waals surface area contributed by atoms with E-state index in [1.165, 1.54) is 0 Å². The van der Waals surface area contributed by atoms with Crippen LogP contribution in [-0.2, 0) is 6.54 Å². The van der Waals surface area contributed by atoms with Gasteiger partial charge in [-0.1, -0.05) is 18.2 Å². The molecule has 0 unspecified atom stereocenters. The van der Waals surface area contributed by atoms with E-state index in [1.54, 1.807) is 0 Å². The Balaban J connectivity index is 2.78. The summed E-state index contributed by atoms with van der Waals surface area (Å²) in [6, 6.07) is 9.72. The van der Waals surface area contributed by atoms with Crippen molar-refractivity contribution in [2.24, 2.45) is 5.73 Å². The number of benzene rings is 1. The average molecular weight is 188 g/mol. The third-order valence-corrected chi connectivity index (χ3v) is 2.38. The van der Waals surface area contributed by atoms with Crippen molar-refractivity contribution in [3.05, 3.63) is 36.0 Å². The lowest BCUT2D eigenvalue weighted by Gasteiger charge is -2.03. The minimum Gasteiger partial charge on any atom is -0.364 e. The number of nitrogens with two attached hydrogens (primary N) is 1. The number of carbonyl (C=O) groups is 1. The first kappa shape index (κ1) is 8.81. The molecule has 0 aliphatic rings. The lowest BCUT2D eigenvalue weighted by molar-refractivity contribution is 0.0992. The third kappa shape index (κ3) is 1.18. The van der Waals surface area contributed by atoms with Gasteiger partial charge in [-0.25, -0.2) is 0 Å². The summed E-state index contributed by atoms with van der Waals surface area (Å²) in [7, 11) is 0. The van der Waals surface area contributed by atoms with Crippen LogP contribution < -0.4 is 5.73 Å². The number of aromatic nitrogens is 1. The fraction of sp³-hybridized carbons (Fsp3) is 0.182. The highest BCUT2D eigenvalue weighted by molar-refractivity contribution is 5.97. The van der Waals surface area contributed by atoms with E-state index in [0.29, 0.717) is 5.69 Å². The molecule has 0 saturated heterocycles. The Bertz CT molecular complexity index is 485. The van der Waals surface area contributed by atoms with Gasteiger partial charge in [0.1, 0.15) is 5.69 Å². The number of amides is 1. The number of rotatable bonds is 2. The van der Waals surface area contributed by atoms with Crippen molar-refractivity contribution in [3.63, 3.8) is 0 Å². The van der Waals surface area contributed by atoms with Crippen molar-refractivity contribution in [2.45, 2.75) is 13.5 Å². The lowest BCUT2D eigenvalue weighted by atomic mass is 10.2. The minimum absolute atomic E-state index is 0.372. The molecule has 2 N–H and O–H groups in total. The zero-order valence-electron chi connectivity index (χ0n) is 8.03. The number of primary amides is 1. The molecule has 0 atom stereocenters. The molecule has 3 nitrogen and oxygen atoms in total. The Morgan fingerprint density at radius 1 is 1.43 bits per heavy atom. The smallest absolute Gasteiger partial charge is 0.265 e. The van der Waals surface area contributed by atoms with Gasteiger partial charge in [-0.15, -0.1) is 0 Å². The molecule has 14 heavy (non-hydrogen) atoms. The van der Waals surface area contributed by atoms with E-state index in [9.17, 15) is 4.79 Å². The molecular weight excluding hydrogens is 176 g/mol. The van der Waals surface area contributed by atoms with Crippen LogP contribution in [0.2, 0.25) is 0 Å². The van der Waals surface area contributed by atoms with Gasteiger partial charge in [0, 0.05) is 17.4 Å². The van der Waals surface area contributed by atoms with E-state index in [2.05, 4.69) is 0 Å². The number of nitrogens with zero attached hydrogens (tertiary/aromatic N) is 1. The second-order valence-corrected chi connectivity index (χ2v) is 3.20. The normalized spacial score (nSPS) is 10.6. The SMILES string of the molecule is CCn1c(C(N)=O)cc2ccccc21. The van der Waals surface area contributed by atoms with Crippen LogP contribution in [-0.4, -0.2) is 10.5 Å². The molecule has 0 bridgehead atoms. The van der Waals surface area contributed by atoms with Crippen molar-refractivity contribution < 1.29 is 4.79 Å². The molecule has 0 aliphatic carbocycles. The molecule has 3 heteroatoms. The van der Waals surface area contributed by atoms with Crippen LogP contribution in [0.25, 0.3) is 10.9 Å². The molecule has 0 radical (unpaired) electrons. The first-order valence-electron chi connectivity index (χ1n) is 4.62. The summed E-state index contributed by atoms with van der Waals surface area (Å²) in [4.78, 5) is 11.2. The second kappa shape index (κ2) is 3.18. The van der Waals surface area contributed by atoms with Gasteiger partial charge in [0.2, 0.25) is 0 Å². The Labute approximate surface area is 82.1 Å². The number of para-hydroxylation sites is 1. The average Bonchev–Trinajstić information content (AvgIpc) is 2.56. The molecule has 1 heterocycles. The molecule has 2 rings (SSSR count). The van der Waals surface area contributed by atoms with Crippen molar-refractivity contribution in [3.8, 4) is 0 Å². The van der Waals surface area contributed by atoms with Crippen LogP contribution in [0.3, 0.4) is 0 Å². The Hall–Kier alpha value is -1.77. The molecule has 1 amide bonds. The molecule has 1 aromatic carbocycles. The summed E-state index contributed by atoms with van der Waals surface area (Å²) in [6.07, 6.45) is 0.